The SMILES string of the molecule is NNC1=NC2(CCC3(CC2)N=C(NN)NC3=O)C(=O)N1. The summed E-state index contributed by atoms with van der Waals surface area (Å²) in [6.07, 6.45) is 1.72. The van der Waals surface area contributed by atoms with Crippen LogP contribution in [0, 0.1) is 0 Å². The predicted octanol–water partition coefficient (Wildman–Crippen LogP) is -3.06. The van der Waals surface area contributed by atoms with E-state index in [1.807, 2.05) is 0 Å². The van der Waals surface area contributed by atoms with Gasteiger partial charge in [-0.1, -0.05) is 0 Å². The number of nitrogens with two attached hydrogens (primary N) is 2. The second-order valence-corrected chi connectivity index (χ2v) is 5.18. The van der Waals surface area contributed by atoms with E-state index in [2.05, 4.69) is 31.5 Å². The third-order valence-electron chi connectivity index (χ3n) is 4.14. The standard InChI is InChI=1S/C10H16N8O2/c11-17-7-13-5(19)9(15-7)1-2-10(4-3-9)6(20)14-8(16-10)18-12/h1-4,11-12H2,(H2,13,15,17,19)(H2,14,16,18,20). The topological polar surface area (TPSA) is 159 Å². The van der Waals surface area contributed by atoms with Gasteiger partial charge in [0, 0.05) is 0 Å². The Morgan fingerprint density at radius 3 is 1.45 bits per heavy atom. The highest BCUT2D eigenvalue weighted by Crippen LogP contribution is 2.42. The van der Waals surface area contributed by atoms with Crippen LogP contribution < -0.4 is 33.2 Å². The number of nitrogens with one attached hydrogen (secondary N) is 4. The molecule has 0 bridgehead atoms. The fraction of sp³-hybridized carbons (Fsp3) is 0.600. The van der Waals surface area contributed by atoms with E-state index in [0.717, 1.165) is 0 Å². The monoisotopic (exact) mass is 280 g/mol. The number of carbonyl (C=O) groups is 2. The Morgan fingerprint density at radius 1 is 0.850 bits per heavy atom. The smallest absolute Gasteiger partial charge is 0.254 e. The van der Waals surface area contributed by atoms with E-state index < -0.39 is 11.1 Å². The minimum Gasteiger partial charge on any atom is -0.294 e. The lowest BCUT2D eigenvalue weighted by molar-refractivity contribution is -0.129. The number of amides is 2. The van der Waals surface area contributed by atoms with Crippen molar-refractivity contribution in [3.05, 3.63) is 0 Å². The Balaban J connectivity index is 1.81. The summed E-state index contributed by atoms with van der Waals surface area (Å²) in [7, 11) is 0. The molecule has 0 aromatic heterocycles. The highest BCUT2D eigenvalue weighted by Gasteiger charge is 2.54. The maximum Gasteiger partial charge on any atom is 0.254 e. The van der Waals surface area contributed by atoms with Crippen molar-refractivity contribution in [2.24, 2.45) is 21.7 Å². The van der Waals surface area contributed by atoms with Gasteiger partial charge in [0.2, 0.25) is 11.9 Å². The summed E-state index contributed by atoms with van der Waals surface area (Å²) in [6, 6.07) is 0. The van der Waals surface area contributed by atoms with E-state index in [1.165, 1.54) is 0 Å². The molecule has 0 saturated heterocycles. The van der Waals surface area contributed by atoms with Gasteiger partial charge in [0.25, 0.3) is 11.8 Å². The number of hydrogen-bond donors (Lipinski definition) is 6. The van der Waals surface area contributed by atoms with Crippen LogP contribution in [0.3, 0.4) is 0 Å². The summed E-state index contributed by atoms with van der Waals surface area (Å²) in [5.41, 5.74) is 2.98. The van der Waals surface area contributed by atoms with Crippen molar-refractivity contribution in [1.82, 2.24) is 21.5 Å². The van der Waals surface area contributed by atoms with Crippen LogP contribution in [-0.2, 0) is 9.59 Å². The maximum atomic E-state index is 12.0. The Morgan fingerprint density at radius 2 is 1.20 bits per heavy atom. The van der Waals surface area contributed by atoms with Gasteiger partial charge < -0.3 is 0 Å². The average Bonchev–Trinajstić information content (AvgIpc) is 2.93. The van der Waals surface area contributed by atoms with Crippen LogP contribution in [0.15, 0.2) is 9.98 Å². The van der Waals surface area contributed by atoms with E-state index in [-0.39, 0.29) is 23.7 Å². The molecular formula is C10H16N8O2. The average molecular weight is 280 g/mol. The zero-order chi connectivity index (χ0) is 14.4. The zero-order valence-corrected chi connectivity index (χ0v) is 10.7. The molecule has 2 aliphatic heterocycles. The third kappa shape index (κ3) is 1.65. The van der Waals surface area contributed by atoms with Gasteiger partial charge >= 0.3 is 0 Å². The summed E-state index contributed by atoms with van der Waals surface area (Å²) >= 11 is 0. The van der Waals surface area contributed by atoms with Crippen molar-refractivity contribution >= 4 is 23.7 Å². The molecule has 0 unspecified atom stereocenters. The first-order valence-corrected chi connectivity index (χ1v) is 6.29. The molecular weight excluding hydrogens is 264 g/mol. The van der Waals surface area contributed by atoms with E-state index in [1.54, 1.807) is 0 Å². The summed E-state index contributed by atoms with van der Waals surface area (Å²) in [6.45, 7) is 0. The van der Waals surface area contributed by atoms with Gasteiger partial charge in [0.15, 0.2) is 0 Å². The van der Waals surface area contributed by atoms with Crippen molar-refractivity contribution in [3.63, 3.8) is 0 Å². The van der Waals surface area contributed by atoms with E-state index in [0.29, 0.717) is 25.7 Å². The molecule has 2 heterocycles. The lowest BCUT2D eigenvalue weighted by Gasteiger charge is -2.35. The molecule has 1 aliphatic carbocycles. The van der Waals surface area contributed by atoms with Gasteiger partial charge in [-0.05, 0) is 25.7 Å². The number of guanidine groups is 2. The summed E-state index contributed by atoms with van der Waals surface area (Å²) in [5, 5.41) is 5.16. The van der Waals surface area contributed by atoms with Crippen LogP contribution in [-0.4, -0.2) is 34.8 Å². The molecule has 10 heteroatoms. The van der Waals surface area contributed by atoms with E-state index in [9.17, 15) is 9.59 Å². The van der Waals surface area contributed by atoms with Gasteiger partial charge in [0.05, 0.1) is 0 Å². The fourth-order valence-electron chi connectivity index (χ4n) is 2.92. The van der Waals surface area contributed by atoms with Crippen LogP contribution >= 0.6 is 0 Å². The van der Waals surface area contributed by atoms with Crippen molar-refractivity contribution in [1.29, 1.82) is 0 Å². The molecule has 1 fully saturated rings. The lowest BCUT2D eigenvalue weighted by atomic mass is 9.72. The minimum absolute atomic E-state index is 0.195. The minimum atomic E-state index is -0.846. The summed E-state index contributed by atoms with van der Waals surface area (Å²) in [5.74, 6) is 10.6. The number of hydrogen-bond acceptors (Lipinski definition) is 8. The summed E-state index contributed by atoms with van der Waals surface area (Å²) in [4.78, 5) is 32.7. The molecule has 0 atom stereocenters. The molecule has 8 N–H and O–H groups in total. The number of carbonyl (C=O) groups excluding carboxylic acids is 2. The molecule has 20 heavy (non-hydrogen) atoms. The zero-order valence-electron chi connectivity index (χ0n) is 10.7. The van der Waals surface area contributed by atoms with Crippen molar-refractivity contribution < 1.29 is 9.59 Å². The first-order valence-electron chi connectivity index (χ1n) is 6.29. The van der Waals surface area contributed by atoms with Crippen LogP contribution in [0.1, 0.15) is 25.7 Å². The van der Waals surface area contributed by atoms with Crippen LogP contribution in [0.5, 0.6) is 0 Å². The van der Waals surface area contributed by atoms with Crippen molar-refractivity contribution in [2.75, 3.05) is 0 Å². The number of aliphatic imine (C=N–C) groups is 2. The fourth-order valence-corrected chi connectivity index (χ4v) is 2.92. The van der Waals surface area contributed by atoms with Gasteiger partial charge in [0.1, 0.15) is 11.1 Å². The Labute approximate surface area is 114 Å². The quantitative estimate of drug-likeness (QED) is 0.204. The molecule has 2 spiro atoms. The Hall–Kier alpha value is -2.20. The Bertz CT molecular complexity index is 483. The van der Waals surface area contributed by atoms with Crippen molar-refractivity contribution in [3.8, 4) is 0 Å². The highest BCUT2D eigenvalue weighted by molar-refractivity contribution is 6.09. The largest absolute Gasteiger partial charge is 0.294 e. The number of rotatable bonds is 0. The Kier molecular flexibility index (Phi) is 2.66. The normalized spacial score (nSPS) is 35.7. The molecule has 0 radical (unpaired) electrons. The van der Waals surface area contributed by atoms with Crippen molar-refractivity contribution in [2.45, 2.75) is 36.8 Å². The van der Waals surface area contributed by atoms with Gasteiger partial charge in [-0.15, -0.1) is 0 Å². The molecule has 1 saturated carbocycles. The molecule has 108 valence electrons. The lowest BCUT2D eigenvalue weighted by Crippen LogP contribution is -2.51. The highest BCUT2D eigenvalue weighted by atomic mass is 16.2. The number of nitrogens with zero attached hydrogens (tertiary/aromatic N) is 2. The maximum absolute atomic E-state index is 12.0. The van der Waals surface area contributed by atoms with Gasteiger partial charge in [-0.3, -0.25) is 31.1 Å². The van der Waals surface area contributed by atoms with Crippen LogP contribution in [0.25, 0.3) is 0 Å². The third-order valence-corrected chi connectivity index (χ3v) is 4.14. The van der Waals surface area contributed by atoms with Crippen LogP contribution in [0.2, 0.25) is 0 Å². The van der Waals surface area contributed by atoms with E-state index in [4.69, 9.17) is 11.7 Å². The predicted molar refractivity (Wildman–Crippen MR) is 69.7 cm³/mol. The molecule has 0 aromatic rings. The first-order chi connectivity index (χ1) is 9.53. The molecule has 10 nitrogen and oxygen atoms in total. The molecule has 2 amide bonds. The molecule has 0 aromatic carbocycles. The van der Waals surface area contributed by atoms with Gasteiger partial charge in [-0.2, -0.15) is 0 Å². The molecule has 3 rings (SSSR count). The molecule has 3 aliphatic rings. The van der Waals surface area contributed by atoms with E-state index >= 15 is 0 Å². The second kappa shape index (κ2) is 4.15. The van der Waals surface area contributed by atoms with Crippen LogP contribution in [0.4, 0.5) is 0 Å². The summed E-state index contributed by atoms with van der Waals surface area (Å²) < 4.78 is 0. The second-order valence-electron chi connectivity index (χ2n) is 5.18. The van der Waals surface area contributed by atoms with Gasteiger partial charge in [-0.25, -0.2) is 21.7 Å². The number of hydrazine groups is 2. The first kappa shape index (κ1) is 12.8.